The van der Waals surface area contributed by atoms with Crippen LogP contribution in [-0.2, 0) is 27.1 Å². The predicted octanol–water partition coefficient (Wildman–Crippen LogP) is 2.66. The number of sulfonamides is 1. The lowest BCUT2D eigenvalue weighted by Crippen LogP contribution is -2.31. The number of hydrogen-bond donors (Lipinski definition) is 2. The molecule has 1 amide bonds. The second kappa shape index (κ2) is 10.7. The van der Waals surface area contributed by atoms with Crippen LogP contribution in [0.25, 0.3) is 0 Å². The van der Waals surface area contributed by atoms with E-state index in [0.29, 0.717) is 12.3 Å². The molecule has 5 nitrogen and oxygen atoms in total. The zero-order chi connectivity index (χ0) is 18.0. The Morgan fingerprint density at radius 3 is 2.38 bits per heavy atom. The molecule has 0 spiro atoms. The Labute approximate surface area is 150 Å². The third kappa shape index (κ3) is 9.30. The van der Waals surface area contributed by atoms with Crippen LogP contribution in [0, 0.1) is 0 Å². The maximum absolute atomic E-state index is 11.9. The highest BCUT2D eigenvalue weighted by Crippen LogP contribution is 2.09. The fourth-order valence-electron chi connectivity index (χ4n) is 2.04. The van der Waals surface area contributed by atoms with Gasteiger partial charge in [0.15, 0.2) is 0 Å². The van der Waals surface area contributed by atoms with E-state index in [-0.39, 0.29) is 17.7 Å². The Hall–Kier alpha value is -1.05. The second-order valence-electron chi connectivity index (χ2n) is 6.03. The molecular formula is C17H28N2O3S2. The highest BCUT2D eigenvalue weighted by molar-refractivity contribution is 7.99. The number of rotatable bonds is 11. The van der Waals surface area contributed by atoms with Gasteiger partial charge in [-0.25, -0.2) is 13.1 Å². The Morgan fingerprint density at radius 2 is 1.79 bits per heavy atom. The monoisotopic (exact) mass is 372 g/mol. The molecule has 0 heterocycles. The van der Waals surface area contributed by atoms with Crippen LogP contribution < -0.4 is 10.0 Å². The van der Waals surface area contributed by atoms with Crippen LogP contribution in [0.5, 0.6) is 0 Å². The van der Waals surface area contributed by atoms with Gasteiger partial charge in [-0.15, -0.1) is 0 Å². The van der Waals surface area contributed by atoms with Crippen LogP contribution in [0.15, 0.2) is 24.3 Å². The van der Waals surface area contributed by atoms with E-state index < -0.39 is 10.0 Å². The van der Waals surface area contributed by atoms with Crippen LogP contribution >= 0.6 is 11.8 Å². The molecule has 0 unspecified atom stereocenters. The molecule has 0 radical (unpaired) electrons. The van der Waals surface area contributed by atoms with E-state index in [0.717, 1.165) is 29.7 Å². The molecule has 0 aliphatic heterocycles. The highest BCUT2D eigenvalue weighted by Gasteiger charge is 2.12. The second-order valence-corrected chi connectivity index (χ2v) is 8.89. The molecule has 7 heteroatoms. The van der Waals surface area contributed by atoms with Gasteiger partial charge in [0, 0.05) is 12.6 Å². The topological polar surface area (TPSA) is 75.3 Å². The molecular weight excluding hydrogens is 344 g/mol. The van der Waals surface area contributed by atoms with E-state index in [1.165, 1.54) is 0 Å². The summed E-state index contributed by atoms with van der Waals surface area (Å²) in [6.45, 7) is 6.19. The van der Waals surface area contributed by atoms with E-state index in [4.69, 9.17) is 0 Å². The van der Waals surface area contributed by atoms with Crippen molar-refractivity contribution in [1.29, 1.82) is 0 Å². The third-order valence-corrected chi connectivity index (χ3v) is 5.75. The van der Waals surface area contributed by atoms with Gasteiger partial charge in [0.1, 0.15) is 0 Å². The lowest BCUT2D eigenvalue weighted by molar-refractivity contribution is -0.118. The normalized spacial score (nSPS) is 11.7. The van der Waals surface area contributed by atoms with Gasteiger partial charge in [-0.3, -0.25) is 4.79 Å². The average Bonchev–Trinajstić information content (AvgIpc) is 2.49. The Balaban J connectivity index is 2.41. The fraction of sp³-hybridized carbons (Fsp3) is 0.588. The summed E-state index contributed by atoms with van der Waals surface area (Å²) in [6, 6.07) is 7.17. The number of carbonyl (C=O) groups excluding carboxylic acids is 1. The molecule has 0 atom stereocenters. The Bertz CT molecular complexity index is 599. The van der Waals surface area contributed by atoms with Crippen molar-refractivity contribution >= 4 is 27.7 Å². The minimum Gasteiger partial charge on any atom is -0.351 e. The largest absolute Gasteiger partial charge is 0.351 e. The fourth-order valence-corrected chi connectivity index (χ4v) is 4.39. The van der Waals surface area contributed by atoms with Crippen molar-refractivity contribution in [2.24, 2.45) is 0 Å². The van der Waals surface area contributed by atoms with E-state index in [2.05, 4.69) is 17.0 Å². The first-order valence-corrected chi connectivity index (χ1v) is 11.1. The van der Waals surface area contributed by atoms with Crippen molar-refractivity contribution in [2.75, 3.05) is 11.5 Å². The van der Waals surface area contributed by atoms with E-state index >= 15 is 0 Å². The maximum Gasteiger partial charge on any atom is 0.230 e. The van der Waals surface area contributed by atoms with E-state index in [9.17, 15) is 13.2 Å². The van der Waals surface area contributed by atoms with Gasteiger partial charge < -0.3 is 5.32 Å². The van der Waals surface area contributed by atoms with Gasteiger partial charge in [0.05, 0.1) is 11.5 Å². The molecule has 136 valence electrons. The number of benzene rings is 1. The van der Waals surface area contributed by atoms with Gasteiger partial charge in [-0.1, -0.05) is 37.6 Å². The standard InChI is InChI=1S/C17H28N2O3S2/c1-4-5-10-23-12-17(20)18-11-15-6-8-16(9-7-15)13-24(21,22)19-14(2)3/h6-9,14,19H,4-5,10-13H2,1-3H3,(H,18,20). The van der Waals surface area contributed by atoms with Crippen LogP contribution in [0.1, 0.15) is 44.7 Å². The summed E-state index contributed by atoms with van der Waals surface area (Å²) in [5.74, 6) is 1.49. The Morgan fingerprint density at radius 1 is 1.17 bits per heavy atom. The van der Waals surface area contributed by atoms with Crippen LogP contribution in [0.2, 0.25) is 0 Å². The number of thioether (sulfide) groups is 1. The molecule has 0 saturated carbocycles. The molecule has 0 fully saturated rings. The zero-order valence-electron chi connectivity index (χ0n) is 14.7. The molecule has 2 N–H and O–H groups in total. The molecule has 24 heavy (non-hydrogen) atoms. The maximum atomic E-state index is 11.9. The van der Waals surface area contributed by atoms with Crippen molar-refractivity contribution in [3.63, 3.8) is 0 Å². The summed E-state index contributed by atoms with van der Waals surface area (Å²) in [6.07, 6.45) is 2.28. The molecule has 1 aromatic carbocycles. The number of nitrogens with one attached hydrogen (secondary N) is 2. The lowest BCUT2D eigenvalue weighted by Gasteiger charge is -2.10. The molecule has 0 aromatic heterocycles. The summed E-state index contributed by atoms with van der Waals surface area (Å²) in [5, 5.41) is 2.88. The van der Waals surface area contributed by atoms with Gasteiger partial charge in [-0.05, 0) is 37.1 Å². The molecule has 0 bridgehead atoms. The smallest absolute Gasteiger partial charge is 0.230 e. The summed E-state index contributed by atoms with van der Waals surface area (Å²) >= 11 is 1.65. The van der Waals surface area contributed by atoms with Crippen molar-refractivity contribution in [2.45, 2.75) is 52.0 Å². The summed E-state index contributed by atoms with van der Waals surface area (Å²) < 4.78 is 26.3. The van der Waals surface area contributed by atoms with E-state index in [1.807, 2.05) is 12.1 Å². The van der Waals surface area contributed by atoms with Crippen LogP contribution in [0.4, 0.5) is 0 Å². The van der Waals surface area contributed by atoms with E-state index in [1.54, 1.807) is 37.7 Å². The van der Waals surface area contributed by atoms with Crippen molar-refractivity contribution in [3.8, 4) is 0 Å². The Kier molecular flexibility index (Phi) is 9.39. The number of amides is 1. The zero-order valence-corrected chi connectivity index (χ0v) is 16.3. The van der Waals surface area contributed by atoms with Crippen molar-refractivity contribution < 1.29 is 13.2 Å². The van der Waals surface area contributed by atoms with Crippen LogP contribution in [0.3, 0.4) is 0 Å². The molecule has 0 aliphatic carbocycles. The minimum absolute atomic E-state index is 0.0314. The van der Waals surface area contributed by atoms with Crippen molar-refractivity contribution in [1.82, 2.24) is 10.0 Å². The number of hydrogen-bond acceptors (Lipinski definition) is 4. The first kappa shape index (κ1) is 21.0. The van der Waals surface area contributed by atoms with Crippen molar-refractivity contribution in [3.05, 3.63) is 35.4 Å². The predicted molar refractivity (Wildman–Crippen MR) is 101 cm³/mol. The van der Waals surface area contributed by atoms with Crippen LogP contribution in [-0.4, -0.2) is 31.9 Å². The molecule has 1 rings (SSSR count). The molecule has 0 saturated heterocycles. The SMILES string of the molecule is CCCCSCC(=O)NCc1ccc(CS(=O)(=O)NC(C)C)cc1. The minimum atomic E-state index is -3.31. The van der Waals surface area contributed by atoms with Gasteiger partial charge in [-0.2, -0.15) is 11.8 Å². The van der Waals surface area contributed by atoms with Gasteiger partial charge in [0.25, 0.3) is 0 Å². The molecule has 0 aliphatic rings. The first-order valence-electron chi connectivity index (χ1n) is 8.24. The summed E-state index contributed by atoms with van der Waals surface area (Å²) in [7, 11) is -3.31. The average molecular weight is 373 g/mol. The number of unbranched alkanes of at least 4 members (excludes halogenated alkanes) is 1. The summed E-state index contributed by atoms with van der Waals surface area (Å²) in [5.41, 5.74) is 1.69. The highest BCUT2D eigenvalue weighted by atomic mass is 32.2. The summed E-state index contributed by atoms with van der Waals surface area (Å²) in [4.78, 5) is 11.7. The van der Waals surface area contributed by atoms with Gasteiger partial charge in [0.2, 0.25) is 15.9 Å². The number of carbonyl (C=O) groups is 1. The quantitative estimate of drug-likeness (QED) is 0.586. The van der Waals surface area contributed by atoms with Gasteiger partial charge >= 0.3 is 0 Å². The lowest BCUT2D eigenvalue weighted by atomic mass is 10.1. The third-order valence-electron chi connectivity index (χ3n) is 3.16. The first-order chi connectivity index (χ1) is 11.3. The molecule has 1 aromatic rings.